The Kier molecular flexibility index (Phi) is 6.47. The Balaban J connectivity index is 3.76. The smallest absolute Gasteiger partial charge is 0.201 e. The predicted octanol–water partition coefficient (Wildman–Crippen LogP) is 2.75. The van der Waals surface area contributed by atoms with E-state index in [0.717, 1.165) is 25.7 Å². The molecule has 0 aliphatic heterocycles. The predicted molar refractivity (Wildman–Crippen MR) is 53.6 cm³/mol. The zero-order valence-electron chi connectivity index (χ0n) is 8.93. The van der Waals surface area contributed by atoms with Gasteiger partial charge in [0.1, 0.15) is 0 Å². The van der Waals surface area contributed by atoms with E-state index in [0.29, 0.717) is 6.42 Å². The Morgan fingerprint density at radius 1 is 1.15 bits per heavy atom. The van der Waals surface area contributed by atoms with Crippen LogP contribution in [-0.2, 0) is 9.59 Å². The van der Waals surface area contributed by atoms with Crippen molar-refractivity contribution < 1.29 is 9.59 Å². The van der Waals surface area contributed by atoms with E-state index in [2.05, 4.69) is 6.92 Å². The highest BCUT2D eigenvalue weighted by atomic mass is 16.2. The number of Topliss-reactive ketones (excluding diaryl/α,β-unsaturated/α-hetero) is 2. The van der Waals surface area contributed by atoms with Gasteiger partial charge in [0.2, 0.25) is 5.78 Å². The average molecular weight is 184 g/mol. The van der Waals surface area contributed by atoms with Crippen molar-refractivity contribution in [2.75, 3.05) is 0 Å². The molecular weight excluding hydrogens is 164 g/mol. The molecule has 0 aliphatic rings. The van der Waals surface area contributed by atoms with Crippen LogP contribution >= 0.6 is 0 Å². The molecule has 13 heavy (non-hydrogen) atoms. The minimum absolute atomic E-state index is 0.0888. The third kappa shape index (κ3) is 4.81. The molecule has 0 spiro atoms. The van der Waals surface area contributed by atoms with Crippen LogP contribution in [0, 0.1) is 5.92 Å². The van der Waals surface area contributed by atoms with Crippen LogP contribution in [0.25, 0.3) is 0 Å². The molecule has 0 heterocycles. The topological polar surface area (TPSA) is 34.1 Å². The number of unbranched alkanes of at least 4 members (excludes halogenated alkanes) is 2. The maximum Gasteiger partial charge on any atom is 0.201 e. The molecule has 0 saturated heterocycles. The molecule has 0 rings (SSSR count). The van der Waals surface area contributed by atoms with Crippen LogP contribution < -0.4 is 0 Å². The van der Waals surface area contributed by atoms with Gasteiger partial charge in [0.25, 0.3) is 0 Å². The number of carbonyl (C=O) groups is 2. The summed E-state index contributed by atoms with van der Waals surface area (Å²) in [6.07, 6.45) is 4.19. The summed E-state index contributed by atoms with van der Waals surface area (Å²) < 4.78 is 0. The maximum absolute atomic E-state index is 11.3. The minimum atomic E-state index is -0.182. The third-order valence-corrected chi connectivity index (χ3v) is 2.34. The number of rotatable bonds is 7. The summed E-state index contributed by atoms with van der Waals surface area (Å²) in [7, 11) is 0. The Hall–Kier alpha value is -0.660. The fourth-order valence-electron chi connectivity index (χ4n) is 1.12. The van der Waals surface area contributed by atoms with Crippen molar-refractivity contribution in [1.82, 2.24) is 0 Å². The molecule has 0 aromatic carbocycles. The molecule has 0 aliphatic carbocycles. The minimum Gasteiger partial charge on any atom is -0.291 e. The van der Waals surface area contributed by atoms with E-state index >= 15 is 0 Å². The first-order valence-corrected chi connectivity index (χ1v) is 5.20. The number of ketones is 2. The molecule has 0 aromatic rings. The van der Waals surface area contributed by atoms with Crippen LogP contribution in [0.3, 0.4) is 0 Å². The van der Waals surface area contributed by atoms with Gasteiger partial charge >= 0.3 is 0 Å². The van der Waals surface area contributed by atoms with Crippen LogP contribution in [0.5, 0.6) is 0 Å². The van der Waals surface area contributed by atoms with Crippen molar-refractivity contribution >= 4 is 11.6 Å². The van der Waals surface area contributed by atoms with Gasteiger partial charge in [0.15, 0.2) is 5.78 Å². The lowest BCUT2D eigenvalue weighted by molar-refractivity contribution is -0.138. The van der Waals surface area contributed by atoms with Crippen molar-refractivity contribution in [3.05, 3.63) is 0 Å². The Labute approximate surface area is 80.7 Å². The first-order valence-electron chi connectivity index (χ1n) is 5.20. The van der Waals surface area contributed by atoms with Gasteiger partial charge in [-0.1, -0.05) is 33.6 Å². The van der Waals surface area contributed by atoms with Gasteiger partial charge in [-0.05, 0) is 12.8 Å². The van der Waals surface area contributed by atoms with E-state index < -0.39 is 0 Å². The summed E-state index contributed by atoms with van der Waals surface area (Å²) in [6, 6.07) is 0. The van der Waals surface area contributed by atoms with E-state index in [4.69, 9.17) is 0 Å². The van der Waals surface area contributed by atoms with E-state index in [1.165, 1.54) is 0 Å². The van der Waals surface area contributed by atoms with Gasteiger partial charge in [-0.15, -0.1) is 0 Å². The largest absolute Gasteiger partial charge is 0.291 e. The van der Waals surface area contributed by atoms with Crippen molar-refractivity contribution in [2.45, 2.75) is 52.9 Å². The Bertz CT molecular complexity index is 173. The average Bonchev–Trinajstić information content (AvgIpc) is 2.15. The highest BCUT2D eigenvalue weighted by Crippen LogP contribution is 2.07. The molecule has 0 bridgehead atoms. The van der Waals surface area contributed by atoms with E-state index in [-0.39, 0.29) is 17.5 Å². The standard InChI is InChI=1S/C11H20O2/c1-4-6-7-8-10(12)11(13)9(3)5-2/h9H,4-8H2,1-3H3. The molecule has 0 saturated carbocycles. The molecule has 0 radical (unpaired) electrons. The second-order valence-electron chi connectivity index (χ2n) is 3.55. The second kappa shape index (κ2) is 6.81. The molecule has 0 aromatic heterocycles. The molecule has 2 nitrogen and oxygen atoms in total. The Morgan fingerprint density at radius 3 is 2.23 bits per heavy atom. The molecule has 76 valence electrons. The zero-order chi connectivity index (χ0) is 10.3. The summed E-state index contributed by atoms with van der Waals surface area (Å²) >= 11 is 0. The van der Waals surface area contributed by atoms with Crippen molar-refractivity contribution in [1.29, 1.82) is 0 Å². The van der Waals surface area contributed by atoms with Crippen molar-refractivity contribution in [2.24, 2.45) is 5.92 Å². The summed E-state index contributed by atoms with van der Waals surface area (Å²) in [5.41, 5.74) is 0. The monoisotopic (exact) mass is 184 g/mol. The quantitative estimate of drug-likeness (QED) is 0.450. The van der Waals surface area contributed by atoms with Crippen LogP contribution in [-0.4, -0.2) is 11.6 Å². The normalized spacial score (nSPS) is 12.5. The maximum atomic E-state index is 11.3. The Morgan fingerprint density at radius 2 is 1.77 bits per heavy atom. The fraction of sp³-hybridized carbons (Fsp3) is 0.818. The molecular formula is C11H20O2. The first-order chi connectivity index (χ1) is 6.13. The lowest BCUT2D eigenvalue weighted by Crippen LogP contribution is -2.20. The number of hydrogen-bond acceptors (Lipinski definition) is 2. The van der Waals surface area contributed by atoms with E-state index in [9.17, 15) is 9.59 Å². The van der Waals surface area contributed by atoms with Crippen LogP contribution in [0.15, 0.2) is 0 Å². The highest BCUT2D eigenvalue weighted by molar-refractivity contribution is 6.37. The highest BCUT2D eigenvalue weighted by Gasteiger charge is 2.18. The SMILES string of the molecule is CCCCCC(=O)C(=O)C(C)CC. The van der Waals surface area contributed by atoms with Gasteiger partial charge in [0, 0.05) is 12.3 Å². The lowest BCUT2D eigenvalue weighted by Gasteiger charge is -2.05. The van der Waals surface area contributed by atoms with Crippen molar-refractivity contribution in [3.8, 4) is 0 Å². The molecule has 0 N–H and O–H groups in total. The fourth-order valence-corrected chi connectivity index (χ4v) is 1.12. The van der Waals surface area contributed by atoms with Crippen molar-refractivity contribution in [3.63, 3.8) is 0 Å². The van der Waals surface area contributed by atoms with Gasteiger partial charge in [-0.2, -0.15) is 0 Å². The summed E-state index contributed by atoms with van der Waals surface area (Å²) in [5.74, 6) is -0.449. The van der Waals surface area contributed by atoms with E-state index in [1.54, 1.807) is 0 Å². The first kappa shape index (κ1) is 12.3. The summed E-state index contributed by atoms with van der Waals surface area (Å²) in [5, 5.41) is 0. The van der Waals surface area contributed by atoms with Crippen LogP contribution in [0.1, 0.15) is 52.9 Å². The van der Waals surface area contributed by atoms with Crippen LogP contribution in [0.4, 0.5) is 0 Å². The lowest BCUT2D eigenvalue weighted by atomic mass is 9.97. The van der Waals surface area contributed by atoms with Gasteiger partial charge in [-0.3, -0.25) is 9.59 Å². The van der Waals surface area contributed by atoms with Gasteiger partial charge in [-0.25, -0.2) is 0 Å². The van der Waals surface area contributed by atoms with E-state index in [1.807, 2.05) is 13.8 Å². The number of hydrogen-bond donors (Lipinski definition) is 0. The van der Waals surface area contributed by atoms with Crippen LogP contribution in [0.2, 0.25) is 0 Å². The molecule has 1 atom stereocenters. The molecule has 2 heteroatoms. The third-order valence-electron chi connectivity index (χ3n) is 2.34. The molecule has 0 amide bonds. The molecule has 1 unspecified atom stereocenters. The molecule has 0 fully saturated rings. The summed E-state index contributed by atoms with van der Waals surface area (Å²) in [4.78, 5) is 22.6. The zero-order valence-corrected chi connectivity index (χ0v) is 8.93. The van der Waals surface area contributed by atoms with Gasteiger partial charge < -0.3 is 0 Å². The summed E-state index contributed by atoms with van der Waals surface area (Å²) in [6.45, 7) is 5.84. The van der Waals surface area contributed by atoms with Gasteiger partial charge in [0.05, 0.1) is 0 Å². The second-order valence-corrected chi connectivity index (χ2v) is 3.55. The number of carbonyl (C=O) groups excluding carboxylic acids is 2.